The van der Waals surface area contributed by atoms with Crippen LogP contribution in [0.3, 0.4) is 0 Å². The van der Waals surface area contributed by atoms with Gasteiger partial charge in [0.2, 0.25) is 6.41 Å². The van der Waals surface area contributed by atoms with E-state index >= 15 is 0 Å². The lowest BCUT2D eigenvalue weighted by Gasteiger charge is -2.46. The molecular weight excluding hydrogens is 280 g/mol. The summed E-state index contributed by atoms with van der Waals surface area (Å²) in [5, 5.41) is 8.07. The fraction of sp³-hybridized carbons (Fsp3) is 0.353. The molecule has 0 unspecified atom stereocenters. The number of nitrogens with one attached hydrogen (secondary N) is 1. The summed E-state index contributed by atoms with van der Waals surface area (Å²) < 4.78 is 0. The second kappa shape index (κ2) is 4.60. The van der Waals surface area contributed by atoms with Gasteiger partial charge in [-0.1, -0.05) is 25.1 Å². The van der Waals surface area contributed by atoms with Crippen molar-refractivity contribution in [2.75, 3.05) is 11.9 Å². The van der Waals surface area contributed by atoms with Gasteiger partial charge in [0.1, 0.15) is 0 Å². The molecule has 4 heteroatoms. The van der Waals surface area contributed by atoms with Crippen molar-refractivity contribution in [1.82, 2.24) is 4.90 Å². The molecule has 1 amide bonds. The van der Waals surface area contributed by atoms with Crippen LogP contribution in [0.5, 0.6) is 0 Å². The van der Waals surface area contributed by atoms with E-state index in [9.17, 15) is 4.79 Å². The van der Waals surface area contributed by atoms with E-state index in [2.05, 4.69) is 53.3 Å². The van der Waals surface area contributed by atoms with Gasteiger partial charge in [-0.25, -0.2) is 0 Å². The third kappa shape index (κ3) is 1.75. The number of carbonyl (C=O) groups excluding carboxylic acids is 1. The van der Waals surface area contributed by atoms with Gasteiger partial charge in [0.05, 0.1) is 12.1 Å². The van der Waals surface area contributed by atoms with Gasteiger partial charge in [-0.2, -0.15) is 11.3 Å². The Bertz CT molecular complexity index is 669. The first kappa shape index (κ1) is 12.9. The Morgan fingerprint density at radius 1 is 1.38 bits per heavy atom. The molecule has 0 spiro atoms. The SMILES string of the molecule is C[C@@]12CCN(C=O)[C@@H]1c1ccccc1N[C@@H]2c1ccsc1. The number of fused-ring (bicyclic) bond motifs is 3. The highest BCUT2D eigenvalue weighted by Gasteiger charge is 2.53. The van der Waals surface area contributed by atoms with Gasteiger partial charge in [-0.05, 0) is 40.4 Å². The van der Waals surface area contributed by atoms with Crippen LogP contribution in [0.25, 0.3) is 0 Å². The van der Waals surface area contributed by atoms with Gasteiger partial charge in [-0.15, -0.1) is 0 Å². The third-order valence-electron chi connectivity index (χ3n) is 5.09. The van der Waals surface area contributed by atoms with Crippen molar-refractivity contribution in [3.63, 3.8) is 0 Å². The molecule has 108 valence electrons. The Morgan fingerprint density at radius 2 is 2.24 bits per heavy atom. The summed E-state index contributed by atoms with van der Waals surface area (Å²) in [6.07, 6.45) is 2.04. The lowest BCUT2D eigenvalue weighted by atomic mass is 9.68. The molecular formula is C17H18N2OS. The Kier molecular flexibility index (Phi) is 2.82. The molecule has 1 aromatic carbocycles. The van der Waals surface area contributed by atoms with E-state index in [4.69, 9.17) is 0 Å². The van der Waals surface area contributed by atoms with Crippen molar-refractivity contribution in [2.45, 2.75) is 25.4 Å². The number of hydrogen-bond donors (Lipinski definition) is 1. The molecule has 21 heavy (non-hydrogen) atoms. The number of thiophene rings is 1. The molecule has 0 saturated carbocycles. The molecule has 2 aliphatic rings. The quantitative estimate of drug-likeness (QED) is 0.855. The monoisotopic (exact) mass is 298 g/mol. The Morgan fingerprint density at radius 3 is 3.00 bits per heavy atom. The summed E-state index contributed by atoms with van der Waals surface area (Å²) in [5.74, 6) is 0. The number of rotatable bonds is 2. The highest BCUT2D eigenvalue weighted by atomic mass is 32.1. The smallest absolute Gasteiger partial charge is 0.210 e. The van der Waals surface area contributed by atoms with E-state index in [0.717, 1.165) is 25.1 Å². The summed E-state index contributed by atoms with van der Waals surface area (Å²) in [6.45, 7) is 3.15. The first-order chi connectivity index (χ1) is 10.2. The van der Waals surface area contributed by atoms with Gasteiger partial charge in [0, 0.05) is 17.6 Å². The van der Waals surface area contributed by atoms with Crippen molar-refractivity contribution in [3.8, 4) is 0 Å². The number of nitrogens with zero attached hydrogens (tertiary/aromatic N) is 1. The third-order valence-corrected chi connectivity index (χ3v) is 5.79. The van der Waals surface area contributed by atoms with E-state index in [0.29, 0.717) is 0 Å². The maximum Gasteiger partial charge on any atom is 0.210 e. The number of hydrogen-bond acceptors (Lipinski definition) is 3. The molecule has 1 saturated heterocycles. The number of anilines is 1. The summed E-state index contributed by atoms with van der Waals surface area (Å²) >= 11 is 1.73. The standard InChI is InChI=1S/C17H18N2OS/c1-17-7-8-19(11-20)16(17)13-4-2-3-5-14(13)18-15(17)12-6-9-21-10-12/h2-6,9-11,15-16,18H,7-8H2,1H3/t15-,16-,17+/m1/s1. The molecule has 3 nitrogen and oxygen atoms in total. The van der Waals surface area contributed by atoms with E-state index < -0.39 is 0 Å². The zero-order valence-corrected chi connectivity index (χ0v) is 12.8. The van der Waals surface area contributed by atoms with Crippen LogP contribution in [0.15, 0.2) is 41.1 Å². The molecule has 2 aromatic rings. The number of amides is 1. The van der Waals surface area contributed by atoms with Crippen LogP contribution < -0.4 is 5.32 Å². The highest BCUT2D eigenvalue weighted by molar-refractivity contribution is 7.08. The molecule has 0 radical (unpaired) electrons. The second-order valence-corrected chi connectivity index (χ2v) is 7.00. The molecule has 0 bridgehead atoms. The summed E-state index contributed by atoms with van der Waals surface area (Å²) in [4.78, 5) is 13.5. The topological polar surface area (TPSA) is 32.3 Å². The van der Waals surface area contributed by atoms with Crippen molar-refractivity contribution < 1.29 is 4.79 Å². The van der Waals surface area contributed by atoms with Gasteiger partial charge in [-0.3, -0.25) is 4.79 Å². The highest BCUT2D eigenvalue weighted by Crippen LogP contribution is 2.59. The van der Waals surface area contributed by atoms with E-state index in [-0.39, 0.29) is 17.5 Å². The van der Waals surface area contributed by atoms with Gasteiger partial charge >= 0.3 is 0 Å². The molecule has 1 aromatic heterocycles. The van der Waals surface area contributed by atoms with Gasteiger partial charge < -0.3 is 10.2 Å². The Hall–Kier alpha value is -1.81. The number of likely N-dealkylation sites (tertiary alicyclic amines) is 1. The predicted octanol–water partition coefficient (Wildman–Crippen LogP) is 3.82. The van der Waals surface area contributed by atoms with Crippen LogP contribution in [0, 0.1) is 5.41 Å². The lowest BCUT2D eigenvalue weighted by molar-refractivity contribution is -0.120. The van der Waals surface area contributed by atoms with Crippen LogP contribution >= 0.6 is 11.3 Å². The minimum Gasteiger partial charge on any atom is -0.377 e. The van der Waals surface area contributed by atoms with E-state index in [1.807, 2.05) is 4.90 Å². The predicted molar refractivity (Wildman–Crippen MR) is 85.4 cm³/mol. The zero-order chi connectivity index (χ0) is 14.4. The molecule has 0 aliphatic carbocycles. The number of para-hydroxylation sites is 1. The van der Waals surface area contributed by atoms with Gasteiger partial charge in [0.15, 0.2) is 0 Å². The molecule has 2 aliphatic heterocycles. The Balaban J connectivity index is 1.89. The maximum absolute atomic E-state index is 11.5. The Labute approximate surface area is 128 Å². The van der Waals surface area contributed by atoms with Crippen LogP contribution in [0.4, 0.5) is 5.69 Å². The zero-order valence-electron chi connectivity index (χ0n) is 12.0. The van der Waals surface area contributed by atoms with Crippen LogP contribution in [0.2, 0.25) is 0 Å². The van der Waals surface area contributed by atoms with Crippen molar-refractivity contribution in [1.29, 1.82) is 0 Å². The normalized spacial score (nSPS) is 30.4. The average molecular weight is 298 g/mol. The molecule has 1 N–H and O–H groups in total. The fourth-order valence-corrected chi connectivity index (χ4v) is 4.74. The van der Waals surface area contributed by atoms with Crippen molar-refractivity contribution in [2.24, 2.45) is 5.41 Å². The summed E-state index contributed by atoms with van der Waals surface area (Å²) in [5.41, 5.74) is 3.77. The summed E-state index contributed by atoms with van der Waals surface area (Å²) in [6, 6.07) is 11.0. The molecule has 3 heterocycles. The molecule has 1 fully saturated rings. The lowest BCUT2D eigenvalue weighted by Crippen LogP contribution is -2.41. The van der Waals surface area contributed by atoms with Crippen LogP contribution in [-0.4, -0.2) is 17.9 Å². The minimum atomic E-state index is 0.0380. The molecule has 4 rings (SSSR count). The average Bonchev–Trinajstić information content (AvgIpc) is 3.13. The minimum absolute atomic E-state index is 0.0380. The summed E-state index contributed by atoms with van der Waals surface area (Å²) in [7, 11) is 0. The van der Waals surface area contributed by atoms with E-state index in [1.54, 1.807) is 11.3 Å². The first-order valence-corrected chi connectivity index (χ1v) is 8.27. The number of benzene rings is 1. The van der Waals surface area contributed by atoms with E-state index in [1.165, 1.54) is 11.1 Å². The second-order valence-electron chi connectivity index (χ2n) is 6.22. The van der Waals surface area contributed by atoms with Crippen molar-refractivity contribution >= 4 is 23.4 Å². The number of carbonyl (C=O) groups is 1. The van der Waals surface area contributed by atoms with Crippen LogP contribution in [-0.2, 0) is 4.79 Å². The largest absolute Gasteiger partial charge is 0.377 e. The van der Waals surface area contributed by atoms with Crippen molar-refractivity contribution in [3.05, 3.63) is 52.2 Å². The van der Waals surface area contributed by atoms with Crippen LogP contribution in [0.1, 0.15) is 36.6 Å². The van der Waals surface area contributed by atoms with Gasteiger partial charge in [0.25, 0.3) is 0 Å². The maximum atomic E-state index is 11.5. The molecule has 3 atom stereocenters. The first-order valence-electron chi connectivity index (χ1n) is 7.32. The fourth-order valence-electron chi connectivity index (χ4n) is 4.05.